The SMILES string of the molecule is O=C(c1ccc(-n2nc(SCc3ccccc3)sc2=S)cc1)N1CCSc2ccccc21. The van der Waals surface area contributed by atoms with Gasteiger partial charge >= 0.3 is 0 Å². The second-order valence-corrected chi connectivity index (χ2v) is 11.1. The topological polar surface area (TPSA) is 38.1 Å². The zero-order chi connectivity index (χ0) is 21.9. The van der Waals surface area contributed by atoms with Crippen LogP contribution >= 0.6 is 47.1 Å². The van der Waals surface area contributed by atoms with Crippen LogP contribution in [0.15, 0.2) is 88.1 Å². The van der Waals surface area contributed by atoms with Crippen LogP contribution in [-0.4, -0.2) is 28.0 Å². The van der Waals surface area contributed by atoms with E-state index in [0.717, 1.165) is 32.1 Å². The highest BCUT2D eigenvalue weighted by atomic mass is 32.2. The summed E-state index contributed by atoms with van der Waals surface area (Å²) >= 11 is 10.5. The predicted octanol–water partition coefficient (Wildman–Crippen LogP) is 6.71. The average molecular weight is 494 g/mol. The average Bonchev–Trinajstić information content (AvgIpc) is 3.23. The van der Waals surface area contributed by atoms with Gasteiger partial charge in [-0.15, -0.1) is 16.9 Å². The summed E-state index contributed by atoms with van der Waals surface area (Å²) in [5, 5.41) is 4.69. The first-order chi connectivity index (χ1) is 15.7. The summed E-state index contributed by atoms with van der Waals surface area (Å²) in [6.45, 7) is 0.710. The van der Waals surface area contributed by atoms with Crippen molar-refractivity contribution in [1.29, 1.82) is 0 Å². The van der Waals surface area contributed by atoms with Crippen molar-refractivity contribution in [2.45, 2.75) is 15.0 Å². The van der Waals surface area contributed by atoms with E-state index in [1.165, 1.54) is 16.9 Å². The van der Waals surface area contributed by atoms with Gasteiger partial charge < -0.3 is 4.90 Å². The highest BCUT2D eigenvalue weighted by molar-refractivity contribution is 8.00. The van der Waals surface area contributed by atoms with E-state index in [-0.39, 0.29) is 5.91 Å². The van der Waals surface area contributed by atoms with Gasteiger partial charge in [0.2, 0.25) is 0 Å². The quantitative estimate of drug-likeness (QED) is 0.228. The van der Waals surface area contributed by atoms with Crippen LogP contribution in [0.2, 0.25) is 0 Å². The van der Waals surface area contributed by atoms with Gasteiger partial charge in [0.25, 0.3) is 5.91 Å². The third-order valence-electron chi connectivity index (χ3n) is 5.07. The summed E-state index contributed by atoms with van der Waals surface area (Å²) < 4.78 is 3.40. The van der Waals surface area contributed by atoms with E-state index in [2.05, 4.69) is 23.3 Å². The van der Waals surface area contributed by atoms with Crippen LogP contribution in [0, 0.1) is 3.95 Å². The zero-order valence-corrected chi connectivity index (χ0v) is 20.3. The molecular formula is C24H19N3OS4. The first-order valence-electron chi connectivity index (χ1n) is 10.1. The van der Waals surface area contributed by atoms with Crippen molar-refractivity contribution in [3.05, 3.63) is 93.9 Å². The minimum atomic E-state index is 0.0188. The Morgan fingerprint density at radius 1 is 1.00 bits per heavy atom. The highest BCUT2D eigenvalue weighted by Gasteiger charge is 2.23. The smallest absolute Gasteiger partial charge is 0.258 e. The molecule has 0 saturated heterocycles. The fourth-order valence-electron chi connectivity index (χ4n) is 3.48. The molecule has 4 aromatic rings. The number of benzene rings is 3. The van der Waals surface area contributed by atoms with Crippen molar-refractivity contribution in [2.24, 2.45) is 0 Å². The van der Waals surface area contributed by atoms with Crippen LogP contribution in [-0.2, 0) is 5.75 Å². The molecule has 0 bridgehead atoms. The van der Waals surface area contributed by atoms with E-state index >= 15 is 0 Å². The summed E-state index contributed by atoms with van der Waals surface area (Å²) in [5.74, 6) is 1.77. The van der Waals surface area contributed by atoms with E-state index in [9.17, 15) is 4.79 Å². The maximum atomic E-state index is 13.2. The van der Waals surface area contributed by atoms with Gasteiger partial charge in [-0.3, -0.25) is 4.79 Å². The second-order valence-electron chi connectivity index (χ2n) is 7.14. The molecular weight excluding hydrogens is 475 g/mol. The summed E-state index contributed by atoms with van der Waals surface area (Å²) in [4.78, 5) is 16.2. The zero-order valence-electron chi connectivity index (χ0n) is 17.0. The number of amides is 1. The van der Waals surface area contributed by atoms with Gasteiger partial charge in [0.1, 0.15) is 0 Å². The molecule has 0 fully saturated rings. The van der Waals surface area contributed by atoms with Gasteiger partial charge in [0, 0.05) is 28.5 Å². The Kier molecular flexibility index (Phi) is 6.45. The molecule has 160 valence electrons. The van der Waals surface area contributed by atoms with Crippen molar-refractivity contribution in [2.75, 3.05) is 17.2 Å². The predicted molar refractivity (Wildman–Crippen MR) is 137 cm³/mol. The standard InChI is InChI=1S/C24H19N3OS4/c28-22(26-14-15-30-21-9-5-4-8-20(21)26)18-10-12-19(13-11-18)27-24(29)32-23(25-27)31-16-17-6-2-1-3-7-17/h1-13H,14-16H2. The lowest BCUT2D eigenvalue weighted by molar-refractivity contribution is 0.0987. The molecule has 1 amide bonds. The maximum absolute atomic E-state index is 13.2. The van der Waals surface area contributed by atoms with Crippen LogP contribution < -0.4 is 4.90 Å². The third-order valence-corrected chi connectivity index (χ3v) is 8.55. The summed E-state index contributed by atoms with van der Waals surface area (Å²) in [6.07, 6.45) is 0. The van der Waals surface area contributed by atoms with Crippen molar-refractivity contribution < 1.29 is 4.79 Å². The number of anilines is 1. The van der Waals surface area contributed by atoms with Crippen LogP contribution in [0.3, 0.4) is 0 Å². The summed E-state index contributed by atoms with van der Waals surface area (Å²) in [7, 11) is 0. The molecule has 0 saturated carbocycles. The van der Waals surface area contributed by atoms with Crippen LogP contribution in [0.25, 0.3) is 5.69 Å². The molecule has 0 aliphatic carbocycles. The van der Waals surface area contributed by atoms with E-state index in [1.807, 2.05) is 65.6 Å². The van der Waals surface area contributed by atoms with Crippen molar-refractivity contribution in [1.82, 2.24) is 9.78 Å². The Morgan fingerprint density at radius 2 is 1.75 bits per heavy atom. The molecule has 3 aromatic carbocycles. The van der Waals surface area contributed by atoms with Crippen LogP contribution in [0.5, 0.6) is 0 Å². The largest absolute Gasteiger partial charge is 0.306 e. The molecule has 1 aromatic heterocycles. The number of rotatable bonds is 5. The molecule has 5 rings (SSSR count). The Balaban J connectivity index is 1.33. The summed E-state index contributed by atoms with van der Waals surface area (Å²) in [5.41, 5.74) is 3.77. The van der Waals surface area contributed by atoms with E-state index in [4.69, 9.17) is 12.2 Å². The lowest BCUT2D eigenvalue weighted by atomic mass is 10.1. The molecule has 8 heteroatoms. The molecule has 2 heterocycles. The molecule has 0 atom stereocenters. The number of hydrogen-bond donors (Lipinski definition) is 0. The van der Waals surface area contributed by atoms with Gasteiger partial charge in [-0.05, 0) is 54.2 Å². The second kappa shape index (κ2) is 9.62. The van der Waals surface area contributed by atoms with E-state index in [1.54, 1.807) is 28.2 Å². The first kappa shape index (κ1) is 21.5. The number of carbonyl (C=O) groups is 1. The number of thioether (sulfide) groups is 2. The number of nitrogens with zero attached hydrogens (tertiary/aromatic N) is 3. The maximum Gasteiger partial charge on any atom is 0.258 e. The lowest BCUT2D eigenvalue weighted by Gasteiger charge is -2.29. The first-order valence-corrected chi connectivity index (χ1v) is 13.3. The minimum Gasteiger partial charge on any atom is -0.306 e. The number of aromatic nitrogens is 2. The Bertz CT molecular complexity index is 1300. The highest BCUT2D eigenvalue weighted by Crippen LogP contribution is 2.35. The molecule has 1 aliphatic heterocycles. The van der Waals surface area contributed by atoms with E-state index in [0.29, 0.717) is 16.1 Å². The monoisotopic (exact) mass is 493 g/mol. The molecule has 0 unspecified atom stereocenters. The Morgan fingerprint density at radius 3 is 2.56 bits per heavy atom. The number of carbonyl (C=O) groups excluding carboxylic acids is 1. The van der Waals surface area contributed by atoms with Gasteiger partial charge in [0.05, 0.1) is 11.4 Å². The molecule has 32 heavy (non-hydrogen) atoms. The number of hydrogen-bond acceptors (Lipinski definition) is 6. The van der Waals surface area contributed by atoms with Gasteiger partial charge in [-0.1, -0.05) is 65.6 Å². The normalized spacial score (nSPS) is 13.1. The van der Waals surface area contributed by atoms with E-state index < -0.39 is 0 Å². The van der Waals surface area contributed by atoms with Crippen molar-refractivity contribution in [3.63, 3.8) is 0 Å². The molecule has 4 nitrogen and oxygen atoms in total. The summed E-state index contributed by atoms with van der Waals surface area (Å²) in [6, 6.07) is 25.9. The van der Waals surface area contributed by atoms with Gasteiger partial charge in [-0.2, -0.15) is 0 Å². The Hall–Kier alpha value is -2.39. The third kappa shape index (κ3) is 4.54. The fraction of sp³-hybridized carbons (Fsp3) is 0.125. The van der Waals surface area contributed by atoms with Crippen molar-refractivity contribution >= 4 is 58.7 Å². The fourth-order valence-corrected chi connectivity index (χ4v) is 6.79. The van der Waals surface area contributed by atoms with Gasteiger partial charge in [0.15, 0.2) is 8.29 Å². The number of para-hydroxylation sites is 1. The number of fused-ring (bicyclic) bond motifs is 1. The van der Waals surface area contributed by atoms with Crippen LogP contribution in [0.4, 0.5) is 5.69 Å². The minimum absolute atomic E-state index is 0.0188. The molecule has 1 aliphatic rings. The lowest BCUT2D eigenvalue weighted by Crippen LogP contribution is -2.35. The van der Waals surface area contributed by atoms with Crippen molar-refractivity contribution in [3.8, 4) is 5.69 Å². The van der Waals surface area contributed by atoms with Gasteiger partial charge in [-0.25, -0.2) is 4.68 Å². The molecule has 0 N–H and O–H groups in total. The Labute approximate surface area is 204 Å². The molecule has 0 radical (unpaired) electrons. The molecule has 0 spiro atoms. The van der Waals surface area contributed by atoms with Crippen LogP contribution in [0.1, 0.15) is 15.9 Å².